The predicted molar refractivity (Wildman–Crippen MR) is 68.0 cm³/mol. The van der Waals surface area contributed by atoms with Crippen LogP contribution in [0.15, 0.2) is 30.5 Å². The van der Waals surface area contributed by atoms with Gasteiger partial charge in [0.2, 0.25) is 0 Å². The lowest BCUT2D eigenvalue weighted by Gasteiger charge is -2.25. The van der Waals surface area contributed by atoms with Crippen LogP contribution in [0.4, 0.5) is 4.39 Å². The van der Waals surface area contributed by atoms with Crippen LogP contribution >= 0.6 is 11.6 Å². The van der Waals surface area contributed by atoms with E-state index in [9.17, 15) is 9.50 Å². The van der Waals surface area contributed by atoms with Crippen molar-refractivity contribution >= 4 is 11.6 Å². The molecular weight excluding hydrogens is 255 g/mol. The van der Waals surface area contributed by atoms with Gasteiger partial charge in [-0.3, -0.25) is 4.68 Å². The molecule has 0 aliphatic carbocycles. The van der Waals surface area contributed by atoms with Crippen LogP contribution in [0.1, 0.15) is 25.1 Å². The Balaban J connectivity index is 2.57. The van der Waals surface area contributed by atoms with Crippen LogP contribution in [-0.4, -0.2) is 14.9 Å². The van der Waals surface area contributed by atoms with Crippen LogP contribution in [0.5, 0.6) is 0 Å². The first-order chi connectivity index (χ1) is 8.46. The number of hydrogen-bond donors (Lipinski definition) is 1. The van der Waals surface area contributed by atoms with Crippen molar-refractivity contribution in [3.63, 3.8) is 0 Å². The lowest BCUT2D eigenvalue weighted by Crippen LogP contribution is -2.27. The highest BCUT2D eigenvalue weighted by Crippen LogP contribution is 2.34. The summed E-state index contributed by atoms with van der Waals surface area (Å²) in [6, 6.07) is 5.84. The second-order valence-corrected chi connectivity index (χ2v) is 4.65. The normalized spacial score (nSPS) is 14.5. The fourth-order valence-corrected chi connectivity index (χ4v) is 2.34. The molecule has 0 radical (unpaired) electrons. The molecule has 0 saturated carbocycles. The number of aromatic nitrogens is 2. The van der Waals surface area contributed by atoms with Crippen molar-refractivity contribution in [2.75, 3.05) is 0 Å². The first kappa shape index (κ1) is 13.1. The summed E-state index contributed by atoms with van der Waals surface area (Å²) in [4.78, 5) is 0. The molecule has 1 atom stereocenters. The molecule has 0 aliphatic heterocycles. The van der Waals surface area contributed by atoms with Crippen LogP contribution in [0, 0.1) is 5.82 Å². The molecular formula is C13H14ClFN2O. The third-order valence-electron chi connectivity index (χ3n) is 2.94. The Bertz CT molecular complexity index is 566. The number of aryl methyl sites for hydroxylation is 1. The van der Waals surface area contributed by atoms with E-state index >= 15 is 0 Å². The summed E-state index contributed by atoms with van der Waals surface area (Å²) < 4.78 is 14.9. The van der Waals surface area contributed by atoms with E-state index in [0.717, 1.165) is 0 Å². The summed E-state index contributed by atoms with van der Waals surface area (Å²) in [5, 5.41) is 15.1. The van der Waals surface area contributed by atoms with Crippen molar-refractivity contribution in [2.45, 2.75) is 26.0 Å². The minimum Gasteiger partial charge on any atom is -0.379 e. The zero-order valence-corrected chi connectivity index (χ0v) is 10.9. The van der Waals surface area contributed by atoms with E-state index in [-0.39, 0.29) is 0 Å². The number of benzene rings is 1. The zero-order valence-electron chi connectivity index (χ0n) is 10.2. The second kappa shape index (κ2) is 4.71. The maximum Gasteiger partial charge on any atom is 0.130 e. The molecule has 0 aliphatic rings. The van der Waals surface area contributed by atoms with Gasteiger partial charge in [0.25, 0.3) is 0 Å². The van der Waals surface area contributed by atoms with Crippen molar-refractivity contribution in [3.05, 3.63) is 52.6 Å². The molecule has 1 aromatic carbocycles. The van der Waals surface area contributed by atoms with Gasteiger partial charge in [0.05, 0.1) is 16.9 Å². The smallest absolute Gasteiger partial charge is 0.130 e. The monoisotopic (exact) mass is 268 g/mol. The Kier molecular flexibility index (Phi) is 3.41. The molecule has 1 heterocycles. The van der Waals surface area contributed by atoms with E-state index in [4.69, 9.17) is 11.6 Å². The lowest BCUT2D eigenvalue weighted by molar-refractivity contribution is 0.0915. The predicted octanol–water partition coefficient (Wildman–Crippen LogP) is 2.95. The molecule has 1 aromatic heterocycles. The largest absolute Gasteiger partial charge is 0.379 e. The van der Waals surface area contributed by atoms with Gasteiger partial charge in [-0.2, -0.15) is 5.10 Å². The summed E-state index contributed by atoms with van der Waals surface area (Å²) in [7, 11) is 0. The standard InChI is InChI=1S/C13H14ClFN2O/c1-3-17-12(11(14)8-16-17)13(2,18)9-5-4-6-10(15)7-9/h4-8,18H,3H2,1-2H3. The van der Waals surface area contributed by atoms with Crippen molar-refractivity contribution < 1.29 is 9.50 Å². The Morgan fingerprint density at radius 2 is 2.22 bits per heavy atom. The summed E-state index contributed by atoms with van der Waals surface area (Å²) >= 11 is 6.06. The third-order valence-corrected chi connectivity index (χ3v) is 3.22. The highest BCUT2D eigenvalue weighted by molar-refractivity contribution is 6.31. The number of nitrogens with zero attached hydrogens (tertiary/aromatic N) is 2. The first-order valence-electron chi connectivity index (χ1n) is 5.67. The van der Waals surface area contributed by atoms with Crippen molar-refractivity contribution in [3.8, 4) is 0 Å². The van der Waals surface area contributed by atoms with Crippen LogP contribution in [-0.2, 0) is 12.1 Å². The third kappa shape index (κ3) is 2.13. The fraction of sp³-hybridized carbons (Fsp3) is 0.308. The van der Waals surface area contributed by atoms with Gasteiger partial charge in [-0.05, 0) is 31.5 Å². The van der Waals surface area contributed by atoms with Gasteiger partial charge >= 0.3 is 0 Å². The van der Waals surface area contributed by atoms with Crippen molar-refractivity contribution in [1.82, 2.24) is 9.78 Å². The summed E-state index contributed by atoms with van der Waals surface area (Å²) in [5.74, 6) is -0.397. The van der Waals surface area contributed by atoms with Gasteiger partial charge < -0.3 is 5.11 Å². The molecule has 0 fully saturated rings. The van der Waals surface area contributed by atoms with E-state index in [2.05, 4.69) is 5.10 Å². The minimum absolute atomic E-state index is 0.367. The van der Waals surface area contributed by atoms with Crippen LogP contribution in [0.25, 0.3) is 0 Å². The number of hydrogen-bond acceptors (Lipinski definition) is 2. The molecule has 2 rings (SSSR count). The van der Waals surface area contributed by atoms with Gasteiger partial charge in [0, 0.05) is 6.54 Å². The summed E-state index contributed by atoms with van der Waals surface area (Å²) in [6.45, 7) is 4.05. The fourth-order valence-electron chi connectivity index (χ4n) is 2.01. The second-order valence-electron chi connectivity index (χ2n) is 4.24. The number of rotatable bonds is 3. The van der Waals surface area contributed by atoms with Crippen molar-refractivity contribution in [1.29, 1.82) is 0 Å². The van der Waals surface area contributed by atoms with E-state index in [0.29, 0.717) is 22.8 Å². The summed E-state index contributed by atoms with van der Waals surface area (Å²) in [5.41, 5.74) is -0.469. The molecule has 96 valence electrons. The molecule has 0 spiro atoms. The SMILES string of the molecule is CCn1ncc(Cl)c1C(C)(O)c1cccc(F)c1. The average Bonchev–Trinajstić information content (AvgIpc) is 2.71. The van der Waals surface area contributed by atoms with E-state index in [1.807, 2.05) is 6.92 Å². The quantitative estimate of drug-likeness (QED) is 0.929. The molecule has 0 saturated heterocycles. The Labute approximate surface area is 110 Å². The van der Waals surface area contributed by atoms with Gasteiger partial charge in [-0.1, -0.05) is 23.7 Å². The van der Waals surface area contributed by atoms with Crippen LogP contribution in [0.2, 0.25) is 5.02 Å². The maximum atomic E-state index is 13.3. The topological polar surface area (TPSA) is 38.0 Å². The van der Waals surface area contributed by atoms with Crippen molar-refractivity contribution in [2.24, 2.45) is 0 Å². The highest BCUT2D eigenvalue weighted by atomic mass is 35.5. The lowest BCUT2D eigenvalue weighted by atomic mass is 9.92. The molecule has 1 unspecified atom stereocenters. The maximum absolute atomic E-state index is 13.3. The zero-order chi connectivity index (χ0) is 13.3. The number of aliphatic hydroxyl groups is 1. The highest BCUT2D eigenvalue weighted by Gasteiger charge is 2.32. The molecule has 5 heteroatoms. The van der Waals surface area contributed by atoms with E-state index in [1.54, 1.807) is 23.7 Å². The summed E-state index contributed by atoms with van der Waals surface area (Å²) in [6.07, 6.45) is 1.48. The van der Waals surface area contributed by atoms with E-state index < -0.39 is 11.4 Å². The Morgan fingerprint density at radius 3 is 2.83 bits per heavy atom. The van der Waals surface area contributed by atoms with Crippen LogP contribution in [0.3, 0.4) is 0 Å². The molecule has 2 aromatic rings. The molecule has 18 heavy (non-hydrogen) atoms. The molecule has 3 nitrogen and oxygen atoms in total. The molecule has 0 bridgehead atoms. The number of halogens is 2. The molecule has 1 N–H and O–H groups in total. The van der Waals surface area contributed by atoms with Gasteiger partial charge in [0.15, 0.2) is 0 Å². The minimum atomic E-state index is -1.38. The Hall–Kier alpha value is -1.39. The first-order valence-corrected chi connectivity index (χ1v) is 6.04. The van der Waals surface area contributed by atoms with Crippen LogP contribution < -0.4 is 0 Å². The van der Waals surface area contributed by atoms with Gasteiger partial charge in [0.1, 0.15) is 11.4 Å². The molecule has 0 amide bonds. The van der Waals surface area contributed by atoms with Gasteiger partial charge in [-0.15, -0.1) is 0 Å². The van der Waals surface area contributed by atoms with Gasteiger partial charge in [-0.25, -0.2) is 4.39 Å². The Morgan fingerprint density at radius 1 is 1.50 bits per heavy atom. The average molecular weight is 269 g/mol. The van der Waals surface area contributed by atoms with E-state index in [1.165, 1.54) is 18.3 Å².